The summed E-state index contributed by atoms with van der Waals surface area (Å²) in [5.41, 5.74) is 4.25. The maximum atomic E-state index is 13.9. The number of hydrogen-bond acceptors (Lipinski definition) is 3. The SMILES string of the molecule is CCOc1ccc(C(Cc2ccc(Cl)cc2F)NN)cc1. The van der Waals surface area contributed by atoms with Gasteiger partial charge in [0.1, 0.15) is 11.6 Å². The molecule has 2 rings (SSSR count). The summed E-state index contributed by atoms with van der Waals surface area (Å²) in [6.07, 6.45) is 0.438. The van der Waals surface area contributed by atoms with Crippen LogP contribution in [0.15, 0.2) is 42.5 Å². The van der Waals surface area contributed by atoms with Crippen molar-refractivity contribution in [1.29, 1.82) is 0 Å². The minimum atomic E-state index is -0.325. The van der Waals surface area contributed by atoms with Gasteiger partial charge in [-0.1, -0.05) is 29.8 Å². The number of halogens is 2. The van der Waals surface area contributed by atoms with Gasteiger partial charge in [-0.15, -0.1) is 0 Å². The molecule has 21 heavy (non-hydrogen) atoms. The molecule has 2 aromatic rings. The van der Waals surface area contributed by atoms with Crippen molar-refractivity contribution < 1.29 is 9.13 Å². The Bertz CT molecular complexity index is 589. The molecular weight excluding hydrogens is 291 g/mol. The van der Waals surface area contributed by atoms with Gasteiger partial charge in [0, 0.05) is 5.02 Å². The highest BCUT2D eigenvalue weighted by Crippen LogP contribution is 2.23. The number of hydrogen-bond donors (Lipinski definition) is 2. The van der Waals surface area contributed by atoms with Gasteiger partial charge in [-0.05, 0) is 48.7 Å². The summed E-state index contributed by atoms with van der Waals surface area (Å²) in [5.74, 6) is 6.07. The molecular formula is C16H18ClFN2O. The Morgan fingerprint density at radius 3 is 2.52 bits per heavy atom. The Balaban J connectivity index is 2.15. The van der Waals surface area contributed by atoms with Gasteiger partial charge in [-0.2, -0.15) is 0 Å². The third-order valence-electron chi connectivity index (χ3n) is 3.23. The van der Waals surface area contributed by atoms with E-state index in [1.165, 1.54) is 6.07 Å². The summed E-state index contributed by atoms with van der Waals surface area (Å²) in [7, 11) is 0. The highest BCUT2D eigenvalue weighted by atomic mass is 35.5. The van der Waals surface area contributed by atoms with Gasteiger partial charge in [0.2, 0.25) is 0 Å². The highest BCUT2D eigenvalue weighted by molar-refractivity contribution is 6.30. The van der Waals surface area contributed by atoms with Crippen LogP contribution in [0.2, 0.25) is 5.02 Å². The molecule has 5 heteroatoms. The first kappa shape index (κ1) is 15.8. The molecule has 0 aliphatic rings. The second kappa shape index (κ2) is 7.41. The van der Waals surface area contributed by atoms with Crippen molar-refractivity contribution in [3.8, 4) is 5.75 Å². The zero-order chi connectivity index (χ0) is 15.2. The van der Waals surface area contributed by atoms with Crippen LogP contribution < -0.4 is 16.0 Å². The Kier molecular flexibility index (Phi) is 5.56. The molecule has 2 aromatic carbocycles. The van der Waals surface area contributed by atoms with Crippen molar-refractivity contribution in [2.24, 2.45) is 5.84 Å². The molecule has 0 saturated carbocycles. The monoisotopic (exact) mass is 308 g/mol. The normalized spacial score (nSPS) is 12.2. The van der Waals surface area contributed by atoms with Gasteiger partial charge in [0.15, 0.2) is 0 Å². The van der Waals surface area contributed by atoms with Crippen LogP contribution in [0.4, 0.5) is 4.39 Å². The van der Waals surface area contributed by atoms with E-state index in [2.05, 4.69) is 5.43 Å². The summed E-state index contributed by atoms with van der Waals surface area (Å²) in [5, 5.41) is 0.384. The molecule has 0 aromatic heterocycles. The fourth-order valence-electron chi connectivity index (χ4n) is 2.14. The predicted octanol–water partition coefficient (Wildman–Crippen LogP) is 3.62. The van der Waals surface area contributed by atoms with Gasteiger partial charge in [0.05, 0.1) is 12.6 Å². The number of hydrazine groups is 1. The van der Waals surface area contributed by atoms with Crippen LogP contribution in [-0.2, 0) is 6.42 Å². The Morgan fingerprint density at radius 2 is 1.95 bits per heavy atom. The molecule has 0 amide bonds. The van der Waals surface area contributed by atoms with Gasteiger partial charge in [-0.25, -0.2) is 4.39 Å². The van der Waals surface area contributed by atoms with E-state index in [0.29, 0.717) is 23.6 Å². The number of rotatable bonds is 6. The number of nitrogens with two attached hydrogens (primary N) is 1. The van der Waals surface area contributed by atoms with Crippen molar-refractivity contribution in [3.05, 3.63) is 64.4 Å². The summed E-state index contributed by atoms with van der Waals surface area (Å²) in [6, 6.07) is 12.1. The van der Waals surface area contributed by atoms with E-state index in [9.17, 15) is 4.39 Å². The lowest BCUT2D eigenvalue weighted by molar-refractivity contribution is 0.340. The molecule has 3 nitrogen and oxygen atoms in total. The third-order valence-corrected chi connectivity index (χ3v) is 3.47. The summed E-state index contributed by atoms with van der Waals surface area (Å²) in [6.45, 7) is 2.55. The molecule has 0 aliphatic carbocycles. The van der Waals surface area contributed by atoms with E-state index in [1.807, 2.05) is 31.2 Å². The first-order valence-corrected chi connectivity index (χ1v) is 7.14. The Labute approximate surface area is 128 Å². The standard InChI is InChI=1S/C16H18ClFN2O/c1-2-21-14-7-4-11(5-8-14)16(20-19)9-12-3-6-13(17)10-15(12)18/h3-8,10,16,20H,2,9,19H2,1H3. The summed E-state index contributed by atoms with van der Waals surface area (Å²) < 4.78 is 19.3. The minimum Gasteiger partial charge on any atom is -0.494 e. The third kappa shape index (κ3) is 4.17. The van der Waals surface area contributed by atoms with Gasteiger partial charge < -0.3 is 4.74 Å². The number of benzene rings is 2. The average Bonchev–Trinajstić information content (AvgIpc) is 2.48. The van der Waals surface area contributed by atoms with E-state index >= 15 is 0 Å². The Morgan fingerprint density at radius 1 is 1.24 bits per heavy atom. The highest BCUT2D eigenvalue weighted by Gasteiger charge is 2.13. The zero-order valence-electron chi connectivity index (χ0n) is 11.8. The quantitative estimate of drug-likeness (QED) is 0.633. The fraction of sp³-hybridized carbons (Fsp3) is 0.250. The van der Waals surface area contributed by atoms with Gasteiger partial charge in [0.25, 0.3) is 0 Å². The topological polar surface area (TPSA) is 47.3 Å². The van der Waals surface area contributed by atoms with Crippen molar-refractivity contribution >= 4 is 11.6 Å². The zero-order valence-corrected chi connectivity index (χ0v) is 12.5. The molecule has 0 fully saturated rings. The minimum absolute atomic E-state index is 0.184. The molecule has 0 spiro atoms. The maximum absolute atomic E-state index is 13.9. The van der Waals surface area contributed by atoms with Crippen molar-refractivity contribution in [3.63, 3.8) is 0 Å². The van der Waals surface area contributed by atoms with Crippen LogP contribution in [0.25, 0.3) is 0 Å². The fourth-order valence-corrected chi connectivity index (χ4v) is 2.30. The molecule has 0 bridgehead atoms. The predicted molar refractivity (Wildman–Crippen MR) is 82.8 cm³/mol. The van der Waals surface area contributed by atoms with Gasteiger partial charge in [-0.3, -0.25) is 11.3 Å². The van der Waals surface area contributed by atoms with E-state index in [0.717, 1.165) is 11.3 Å². The molecule has 0 aliphatic heterocycles. The average molecular weight is 309 g/mol. The van der Waals surface area contributed by atoms with E-state index in [1.54, 1.807) is 12.1 Å². The lowest BCUT2D eigenvalue weighted by Crippen LogP contribution is -2.29. The van der Waals surface area contributed by atoms with Gasteiger partial charge >= 0.3 is 0 Å². The molecule has 0 saturated heterocycles. The van der Waals surface area contributed by atoms with Crippen molar-refractivity contribution in [1.82, 2.24) is 5.43 Å². The van der Waals surface area contributed by atoms with Crippen LogP contribution in [-0.4, -0.2) is 6.61 Å². The lowest BCUT2D eigenvalue weighted by atomic mass is 9.99. The van der Waals surface area contributed by atoms with E-state index in [4.69, 9.17) is 22.2 Å². The second-order valence-electron chi connectivity index (χ2n) is 4.66. The summed E-state index contributed by atoms with van der Waals surface area (Å²) in [4.78, 5) is 0. The molecule has 1 unspecified atom stereocenters. The molecule has 0 radical (unpaired) electrons. The van der Waals surface area contributed by atoms with Crippen molar-refractivity contribution in [2.75, 3.05) is 6.61 Å². The van der Waals surface area contributed by atoms with E-state index in [-0.39, 0.29) is 11.9 Å². The number of ether oxygens (including phenoxy) is 1. The molecule has 3 N–H and O–H groups in total. The molecule has 0 heterocycles. The largest absolute Gasteiger partial charge is 0.494 e. The maximum Gasteiger partial charge on any atom is 0.127 e. The first-order chi connectivity index (χ1) is 10.1. The molecule has 1 atom stereocenters. The van der Waals surface area contributed by atoms with Crippen molar-refractivity contribution in [2.45, 2.75) is 19.4 Å². The molecule has 112 valence electrons. The first-order valence-electron chi connectivity index (χ1n) is 6.77. The van der Waals surface area contributed by atoms with E-state index < -0.39 is 0 Å². The van der Waals surface area contributed by atoms with Crippen LogP contribution in [0, 0.1) is 5.82 Å². The van der Waals surface area contributed by atoms with Crippen LogP contribution in [0.3, 0.4) is 0 Å². The Hall–Kier alpha value is -1.62. The smallest absolute Gasteiger partial charge is 0.127 e. The summed E-state index contributed by atoms with van der Waals surface area (Å²) >= 11 is 5.76. The number of nitrogens with one attached hydrogen (secondary N) is 1. The lowest BCUT2D eigenvalue weighted by Gasteiger charge is -2.17. The van der Waals surface area contributed by atoms with Crippen LogP contribution in [0.5, 0.6) is 5.75 Å². The van der Waals surface area contributed by atoms with Crippen LogP contribution in [0.1, 0.15) is 24.1 Å². The second-order valence-corrected chi connectivity index (χ2v) is 5.10. The van der Waals surface area contributed by atoms with Crippen LogP contribution >= 0.6 is 11.6 Å².